The molecular weight excluding hydrogens is 156 g/mol. The SMILES string of the molecule is CN=C(N)C(C)(O)[Si](C)(C)C. The van der Waals surface area contributed by atoms with Crippen LogP contribution in [0.25, 0.3) is 0 Å². The third-order valence-corrected chi connectivity index (χ3v) is 5.38. The molecule has 3 nitrogen and oxygen atoms in total. The molecule has 0 spiro atoms. The molecular formula is C7H18N2OSi. The van der Waals surface area contributed by atoms with E-state index < -0.39 is 13.3 Å². The third kappa shape index (κ3) is 2.04. The molecule has 0 aromatic carbocycles. The van der Waals surface area contributed by atoms with Crippen molar-refractivity contribution in [2.24, 2.45) is 10.7 Å². The zero-order valence-corrected chi connectivity index (χ0v) is 8.97. The maximum atomic E-state index is 9.93. The highest BCUT2D eigenvalue weighted by molar-refractivity contribution is 6.82. The fraction of sp³-hybridized carbons (Fsp3) is 0.857. The van der Waals surface area contributed by atoms with Crippen molar-refractivity contribution in [3.05, 3.63) is 0 Å². The van der Waals surface area contributed by atoms with Gasteiger partial charge in [0.25, 0.3) is 0 Å². The Labute approximate surface area is 69.3 Å². The van der Waals surface area contributed by atoms with E-state index in [9.17, 15) is 5.11 Å². The zero-order valence-electron chi connectivity index (χ0n) is 7.97. The Bertz CT molecular complexity index is 170. The van der Waals surface area contributed by atoms with Gasteiger partial charge in [-0.1, -0.05) is 19.6 Å². The first kappa shape index (κ1) is 10.6. The molecule has 1 unspecified atom stereocenters. The molecule has 0 amide bonds. The van der Waals surface area contributed by atoms with E-state index in [-0.39, 0.29) is 0 Å². The fourth-order valence-electron chi connectivity index (χ4n) is 0.602. The number of nitrogens with zero attached hydrogens (tertiary/aromatic N) is 1. The van der Waals surface area contributed by atoms with Crippen molar-refractivity contribution < 1.29 is 5.11 Å². The molecule has 0 rings (SSSR count). The highest BCUT2D eigenvalue weighted by Crippen LogP contribution is 2.19. The molecule has 0 aliphatic carbocycles. The number of hydrogen-bond donors (Lipinski definition) is 2. The van der Waals surface area contributed by atoms with Crippen LogP contribution < -0.4 is 5.73 Å². The van der Waals surface area contributed by atoms with Crippen molar-refractivity contribution in [2.75, 3.05) is 7.05 Å². The van der Waals surface area contributed by atoms with Crippen molar-refractivity contribution in [1.29, 1.82) is 0 Å². The summed E-state index contributed by atoms with van der Waals surface area (Å²) in [6.45, 7) is 7.92. The minimum Gasteiger partial charge on any atom is -0.386 e. The lowest BCUT2D eigenvalue weighted by Gasteiger charge is -2.34. The van der Waals surface area contributed by atoms with Gasteiger partial charge in [-0.3, -0.25) is 4.99 Å². The van der Waals surface area contributed by atoms with Gasteiger partial charge in [0.15, 0.2) is 0 Å². The van der Waals surface area contributed by atoms with Crippen LogP contribution in [0.5, 0.6) is 0 Å². The van der Waals surface area contributed by atoms with Crippen LogP contribution in [0, 0.1) is 0 Å². The summed E-state index contributed by atoms with van der Waals surface area (Å²) in [4.78, 5) is 3.81. The van der Waals surface area contributed by atoms with Gasteiger partial charge < -0.3 is 10.8 Å². The highest BCUT2D eigenvalue weighted by atomic mass is 28.3. The summed E-state index contributed by atoms with van der Waals surface area (Å²) in [7, 11) is -0.0680. The first-order chi connectivity index (χ1) is 4.73. The summed E-state index contributed by atoms with van der Waals surface area (Å²) in [5.74, 6) is 0.344. The maximum Gasteiger partial charge on any atom is 0.122 e. The van der Waals surface area contributed by atoms with Gasteiger partial charge in [0.2, 0.25) is 0 Å². The molecule has 0 saturated carbocycles. The second kappa shape index (κ2) is 2.95. The van der Waals surface area contributed by atoms with E-state index in [2.05, 4.69) is 24.6 Å². The lowest BCUT2D eigenvalue weighted by Crippen LogP contribution is -2.58. The second-order valence-electron chi connectivity index (χ2n) is 3.93. The first-order valence-electron chi connectivity index (χ1n) is 3.68. The fourth-order valence-corrected chi connectivity index (χ4v) is 1.48. The number of nitrogens with two attached hydrogens (primary N) is 1. The predicted octanol–water partition coefficient (Wildman–Crippen LogP) is 0.602. The van der Waals surface area contributed by atoms with Gasteiger partial charge in [-0.05, 0) is 6.92 Å². The Kier molecular flexibility index (Phi) is 2.85. The Morgan fingerprint density at radius 3 is 1.91 bits per heavy atom. The molecule has 0 radical (unpaired) electrons. The van der Waals surface area contributed by atoms with E-state index in [1.807, 2.05) is 0 Å². The monoisotopic (exact) mass is 174 g/mol. The number of amidine groups is 1. The molecule has 0 aliphatic rings. The molecule has 0 heterocycles. The lowest BCUT2D eigenvalue weighted by atomic mass is 10.4. The molecule has 0 saturated heterocycles. The Morgan fingerprint density at radius 1 is 1.45 bits per heavy atom. The van der Waals surface area contributed by atoms with Crippen molar-refractivity contribution in [3.63, 3.8) is 0 Å². The van der Waals surface area contributed by atoms with Crippen LogP contribution in [0.15, 0.2) is 4.99 Å². The normalized spacial score (nSPS) is 19.6. The average Bonchev–Trinajstić information content (AvgIpc) is 1.83. The number of aliphatic hydroxyl groups is 1. The molecule has 4 heteroatoms. The quantitative estimate of drug-likeness (QED) is 0.366. The topological polar surface area (TPSA) is 58.6 Å². The van der Waals surface area contributed by atoms with Crippen molar-refractivity contribution in [1.82, 2.24) is 0 Å². The smallest absolute Gasteiger partial charge is 0.122 e. The maximum absolute atomic E-state index is 9.93. The van der Waals surface area contributed by atoms with Gasteiger partial charge in [-0.2, -0.15) is 0 Å². The van der Waals surface area contributed by atoms with E-state index in [1.165, 1.54) is 0 Å². The van der Waals surface area contributed by atoms with Crippen LogP contribution >= 0.6 is 0 Å². The van der Waals surface area contributed by atoms with Crippen LogP contribution in [0.4, 0.5) is 0 Å². The van der Waals surface area contributed by atoms with Gasteiger partial charge in [-0.15, -0.1) is 0 Å². The summed E-state index contributed by atoms with van der Waals surface area (Å²) in [5.41, 5.74) is 5.57. The Hall–Kier alpha value is -0.353. The van der Waals surface area contributed by atoms with Gasteiger partial charge in [0.05, 0.1) is 8.07 Å². The molecule has 0 aromatic heterocycles. The molecule has 0 aliphatic heterocycles. The molecule has 0 fully saturated rings. The minimum atomic E-state index is -1.67. The predicted molar refractivity (Wildman–Crippen MR) is 51.5 cm³/mol. The van der Waals surface area contributed by atoms with E-state index in [0.717, 1.165) is 0 Å². The lowest BCUT2D eigenvalue weighted by molar-refractivity contribution is 0.205. The zero-order chi connectivity index (χ0) is 9.28. The van der Waals surface area contributed by atoms with Crippen molar-refractivity contribution in [3.8, 4) is 0 Å². The van der Waals surface area contributed by atoms with Crippen molar-refractivity contribution in [2.45, 2.75) is 31.8 Å². The van der Waals surface area contributed by atoms with Crippen LogP contribution in [0.1, 0.15) is 6.92 Å². The van der Waals surface area contributed by atoms with Crippen LogP contribution in [-0.2, 0) is 0 Å². The van der Waals surface area contributed by atoms with Crippen LogP contribution in [-0.4, -0.2) is 31.3 Å². The highest BCUT2D eigenvalue weighted by Gasteiger charge is 2.40. The first-order valence-corrected chi connectivity index (χ1v) is 7.18. The molecule has 66 valence electrons. The Morgan fingerprint density at radius 2 is 1.82 bits per heavy atom. The van der Waals surface area contributed by atoms with E-state index >= 15 is 0 Å². The molecule has 0 aromatic rings. The average molecular weight is 174 g/mol. The summed E-state index contributed by atoms with van der Waals surface area (Å²) in [5, 5.41) is 9.04. The van der Waals surface area contributed by atoms with Gasteiger partial charge in [-0.25, -0.2) is 0 Å². The van der Waals surface area contributed by atoms with E-state index in [4.69, 9.17) is 5.73 Å². The summed E-state index contributed by atoms with van der Waals surface area (Å²) in [6, 6.07) is 0. The van der Waals surface area contributed by atoms with Crippen LogP contribution in [0.2, 0.25) is 19.6 Å². The minimum absolute atomic E-state index is 0.344. The molecule has 0 bridgehead atoms. The molecule has 11 heavy (non-hydrogen) atoms. The molecule has 3 N–H and O–H groups in total. The summed E-state index contributed by atoms with van der Waals surface area (Å²) < 4.78 is 0. The number of hydrogen-bond acceptors (Lipinski definition) is 2. The van der Waals surface area contributed by atoms with Crippen molar-refractivity contribution >= 4 is 13.9 Å². The van der Waals surface area contributed by atoms with E-state index in [0.29, 0.717) is 5.84 Å². The summed E-state index contributed by atoms with van der Waals surface area (Å²) in [6.07, 6.45) is 0. The third-order valence-electron chi connectivity index (χ3n) is 2.20. The van der Waals surface area contributed by atoms with Gasteiger partial charge in [0, 0.05) is 7.05 Å². The van der Waals surface area contributed by atoms with E-state index in [1.54, 1.807) is 14.0 Å². The second-order valence-corrected chi connectivity index (χ2v) is 9.40. The summed E-state index contributed by atoms with van der Waals surface area (Å²) >= 11 is 0. The number of rotatable bonds is 2. The molecule has 1 atom stereocenters. The van der Waals surface area contributed by atoms with Gasteiger partial charge in [0.1, 0.15) is 11.1 Å². The Balaban J connectivity index is 4.74. The largest absolute Gasteiger partial charge is 0.386 e. The van der Waals surface area contributed by atoms with Gasteiger partial charge >= 0.3 is 0 Å². The standard InChI is InChI=1S/C7H18N2OSi/c1-7(10,6(8)9-2)11(3,4)5/h10H,1-5H3,(H2,8,9). The van der Waals surface area contributed by atoms with Crippen LogP contribution in [0.3, 0.4) is 0 Å². The number of aliphatic imine (C=N–C) groups is 1.